The highest BCUT2D eigenvalue weighted by molar-refractivity contribution is 7.89. The number of anilines is 2. The Bertz CT molecular complexity index is 1760. The number of hydrogen-bond donors (Lipinski definition) is 3. The molecule has 3 N–H and O–H groups in total. The standard InChI is InChI=1S/C30H32FN7O4S/c1-36-12-14-37(15-13-36)21-7-8-23(27(17-21)33-30(40)26-6-3-10-32-26)29(39)18-28-24-19-38(11-9-25(24)34-35-28)43(41,42)22-5-2-4-20(31)16-22/h2-8,10,16-17,32H,9,11-15,18-19H2,1H3,(H,33,40)(H,34,35). The molecule has 4 aromatic rings. The number of benzene rings is 2. The summed E-state index contributed by atoms with van der Waals surface area (Å²) in [6, 6.07) is 13.7. The van der Waals surface area contributed by atoms with E-state index in [1.807, 2.05) is 12.1 Å². The lowest BCUT2D eigenvalue weighted by molar-refractivity contribution is 0.0992. The molecule has 0 spiro atoms. The van der Waals surface area contributed by atoms with Gasteiger partial charge in [0.05, 0.1) is 22.7 Å². The number of ketones is 1. The number of likely N-dealkylation sites (N-methyl/N-ethyl adjacent to an activating group) is 1. The van der Waals surface area contributed by atoms with Crippen LogP contribution in [0.15, 0.2) is 65.7 Å². The number of Topliss-reactive ketones (excluding diaryl/α,β-unsaturated/α-hetero) is 1. The molecule has 0 saturated carbocycles. The Balaban J connectivity index is 1.26. The van der Waals surface area contributed by atoms with Crippen molar-refractivity contribution in [1.82, 2.24) is 24.4 Å². The van der Waals surface area contributed by atoms with Crippen LogP contribution in [0.25, 0.3) is 0 Å². The Morgan fingerprint density at radius 3 is 2.58 bits per heavy atom. The first kappa shape index (κ1) is 28.8. The molecule has 1 fully saturated rings. The second-order valence-electron chi connectivity index (χ2n) is 10.8. The summed E-state index contributed by atoms with van der Waals surface area (Å²) in [7, 11) is -1.88. The maximum Gasteiger partial charge on any atom is 0.272 e. The number of piperazine rings is 1. The number of aromatic amines is 2. The quantitative estimate of drug-likeness (QED) is 0.263. The van der Waals surface area contributed by atoms with Gasteiger partial charge in [0.15, 0.2) is 5.78 Å². The molecular formula is C30H32FN7O4S. The molecule has 0 radical (unpaired) electrons. The molecule has 1 saturated heterocycles. The lowest BCUT2D eigenvalue weighted by Gasteiger charge is -2.34. The number of H-pyrrole nitrogens is 2. The number of fused-ring (bicyclic) bond motifs is 1. The van der Waals surface area contributed by atoms with Gasteiger partial charge in [0.2, 0.25) is 10.0 Å². The van der Waals surface area contributed by atoms with E-state index in [-0.39, 0.29) is 36.1 Å². The number of nitrogens with zero attached hydrogens (tertiary/aromatic N) is 4. The van der Waals surface area contributed by atoms with Crippen molar-refractivity contribution in [1.29, 1.82) is 0 Å². The molecule has 2 aromatic carbocycles. The largest absolute Gasteiger partial charge is 0.369 e. The Hall–Kier alpha value is -4.33. The first-order valence-electron chi connectivity index (χ1n) is 14.1. The number of rotatable bonds is 8. The molecule has 224 valence electrons. The Morgan fingerprint density at radius 2 is 1.84 bits per heavy atom. The fourth-order valence-electron chi connectivity index (χ4n) is 5.51. The van der Waals surface area contributed by atoms with Crippen LogP contribution >= 0.6 is 0 Å². The highest BCUT2D eigenvalue weighted by Gasteiger charge is 2.32. The number of aromatic nitrogens is 3. The van der Waals surface area contributed by atoms with Crippen molar-refractivity contribution in [3.05, 3.63) is 94.8 Å². The van der Waals surface area contributed by atoms with Crippen LogP contribution in [0, 0.1) is 5.82 Å². The summed E-state index contributed by atoms with van der Waals surface area (Å²) in [6.07, 6.45) is 1.93. The van der Waals surface area contributed by atoms with Gasteiger partial charge >= 0.3 is 0 Å². The predicted molar refractivity (Wildman–Crippen MR) is 159 cm³/mol. The molecule has 2 aromatic heterocycles. The van der Waals surface area contributed by atoms with Crippen molar-refractivity contribution in [2.24, 2.45) is 0 Å². The highest BCUT2D eigenvalue weighted by Crippen LogP contribution is 2.30. The molecule has 11 nitrogen and oxygen atoms in total. The first-order valence-corrected chi connectivity index (χ1v) is 15.5. The van der Waals surface area contributed by atoms with Crippen LogP contribution in [-0.2, 0) is 29.4 Å². The number of hydrogen-bond acceptors (Lipinski definition) is 7. The van der Waals surface area contributed by atoms with Crippen LogP contribution in [0.3, 0.4) is 0 Å². The van der Waals surface area contributed by atoms with Gasteiger partial charge < -0.3 is 20.1 Å². The molecule has 0 unspecified atom stereocenters. The van der Waals surface area contributed by atoms with E-state index >= 15 is 0 Å². The molecule has 1 amide bonds. The van der Waals surface area contributed by atoms with Gasteiger partial charge in [-0.2, -0.15) is 9.40 Å². The minimum atomic E-state index is -3.95. The van der Waals surface area contributed by atoms with Crippen molar-refractivity contribution in [2.75, 3.05) is 50.0 Å². The normalized spacial score (nSPS) is 16.2. The first-order chi connectivity index (χ1) is 20.7. The number of amides is 1. The van der Waals surface area contributed by atoms with E-state index in [1.165, 1.54) is 22.5 Å². The fourth-order valence-corrected chi connectivity index (χ4v) is 6.95. The van der Waals surface area contributed by atoms with E-state index < -0.39 is 15.8 Å². The zero-order chi connectivity index (χ0) is 30.1. The van der Waals surface area contributed by atoms with Crippen molar-refractivity contribution >= 4 is 33.1 Å². The molecule has 0 atom stereocenters. The number of carbonyl (C=O) groups excluding carboxylic acids is 2. The van der Waals surface area contributed by atoms with Crippen molar-refractivity contribution in [2.45, 2.75) is 24.3 Å². The predicted octanol–water partition coefficient (Wildman–Crippen LogP) is 3.05. The smallest absolute Gasteiger partial charge is 0.272 e. The van der Waals surface area contributed by atoms with E-state index in [0.29, 0.717) is 34.6 Å². The fraction of sp³-hybridized carbons (Fsp3) is 0.300. The maximum absolute atomic E-state index is 13.8. The van der Waals surface area contributed by atoms with Gasteiger partial charge in [-0.05, 0) is 55.6 Å². The van der Waals surface area contributed by atoms with Crippen LogP contribution in [-0.4, -0.2) is 84.3 Å². The van der Waals surface area contributed by atoms with Crippen LogP contribution in [0.1, 0.15) is 37.8 Å². The summed E-state index contributed by atoms with van der Waals surface area (Å²) in [5.74, 6) is -1.28. The molecule has 2 aliphatic heterocycles. The van der Waals surface area contributed by atoms with E-state index in [9.17, 15) is 22.4 Å². The summed E-state index contributed by atoms with van der Waals surface area (Å²) >= 11 is 0. The minimum Gasteiger partial charge on any atom is -0.369 e. The zero-order valence-corrected chi connectivity index (χ0v) is 24.5. The summed E-state index contributed by atoms with van der Waals surface area (Å²) in [5.41, 5.74) is 3.81. The topological polar surface area (TPSA) is 134 Å². The lowest BCUT2D eigenvalue weighted by Crippen LogP contribution is -2.44. The molecule has 43 heavy (non-hydrogen) atoms. The van der Waals surface area contributed by atoms with Crippen LogP contribution in [0.5, 0.6) is 0 Å². The molecule has 4 heterocycles. The van der Waals surface area contributed by atoms with Gasteiger partial charge in [0.25, 0.3) is 5.91 Å². The number of nitrogens with one attached hydrogen (secondary N) is 3. The van der Waals surface area contributed by atoms with E-state index in [1.54, 1.807) is 24.4 Å². The van der Waals surface area contributed by atoms with E-state index in [2.05, 4.69) is 37.3 Å². The Labute approximate surface area is 248 Å². The summed E-state index contributed by atoms with van der Waals surface area (Å²) in [5, 5.41) is 10.2. The third kappa shape index (κ3) is 5.96. The average molecular weight is 606 g/mol. The minimum absolute atomic E-state index is 0.00601. The molecule has 13 heteroatoms. The van der Waals surface area contributed by atoms with Gasteiger partial charge in [-0.3, -0.25) is 14.7 Å². The molecule has 0 aliphatic carbocycles. The van der Waals surface area contributed by atoms with Gasteiger partial charge in [-0.15, -0.1) is 0 Å². The lowest BCUT2D eigenvalue weighted by atomic mass is 9.99. The van der Waals surface area contributed by atoms with Crippen LogP contribution < -0.4 is 10.2 Å². The number of halogens is 1. The van der Waals surface area contributed by atoms with Gasteiger partial charge in [-0.1, -0.05) is 6.07 Å². The highest BCUT2D eigenvalue weighted by atomic mass is 32.2. The molecule has 2 aliphatic rings. The second kappa shape index (κ2) is 11.7. The van der Waals surface area contributed by atoms with E-state index in [0.717, 1.165) is 43.6 Å². The Kier molecular flexibility index (Phi) is 7.86. The number of carbonyl (C=O) groups is 2. The Morgan fingerprint density at radius 1 is 1.02 bits per heavy atom. The molecular weight excluding hydrogens is 573 g/mol. The molecule has 0 bridgehead atoms. The number of sulfonamides is 1. The zero-order valence-electron chi connectivity index (χ0n) is 23.6. The summed E-state index contributed by atoms with van der Waals surface area (Å²) in [6.45, 7) is 3.66. The average Bonchev–Trinajstić information content (AvgIpc) is 3.68. The van der Waals surface area contributed by atoms with Gasteiger partial charge in [0.1, 0.15) is 11.5 Å². The van der Waals surface area contributed by atoms with Crippen LogP contribution in [0.4, 0.5) is 15.8 Å². The summed E-state index contributed by atoms with van der Waals surface area (Å²) < 4.78 is 41.6. The second-order valence-corrected chi connectivity index (χ2v) is 12.8. The van der Waals surface area contributed by atoms with Gasteiger partial charge in [0, 0.05) is 74.4 Å². The van der Waals surface area contributed by atoms with Crippen molar-refractivity contribution < 1.29 is 22.4 Å². The van der Waals surface area contributed by atoms with Gasteiger partial charge in [-0.25, -0.2) is 12.8 Å². The molecule has 6 rings (SSSR count). The maximum atomic E-state index is 13.8. The third-order valence-electron chi connectivity index (χ3n) is 8.01. The van der Waals surface area contributed by atoms with Crippen molar-refractivity contribution in [3.63, 3.8) is 0 Å². The monoisotopic (exact) mass is 605 g/mol. The SMILES string of the molecule is CN1CCN(c2ccc(C(=O)Cc3n[nH]c4c3CN(S(=O)(=O)c3cccc(F)c3)CC4)c(NC(=O)c3ccc[nH]3)c2)CC1. The third-order valence-corrected chi connectivity index (χ3v) is 9.85. The van der Waals surface area contributed by atoms with Crippen molar-refractivity contribution in [3.8, 4) is 0 Å². The van der Waals surface area contributed by atoms with Crippen LogP contribution in [0.2, 0.25) is 0 Å². The van der Waals surface area contributed by atoms with E-state index in [4.69, 9.17) is 0 Å². The summed E-state index contributed by atoms with van der Waals surface area (Å²) in [4.78, 5) is 34.0.